The molecule has 2 aliphatic heterocycles. The quantitative estimate of drug-likeness (QED) is 0.653. The largest absolute Gasteiger partial charge is 0.497 e. The van der Waals surface area contributed by atoms with Crippen LogP contribution in [0.25, 0.3) is 11.3 Å². The summed E-state index contributed by atoms with van der Waals surface area (Å²) in [5, 5.41) is 8.80. The molecule has 0 saturated carbocycles. The van der Waals surface area contributed by atoms with E-state index >= 15 is 0 Å². The Bertz CT molecular complexity index is 1170. The van der Waals surface area contributed by atoms with Crippen LogP contribution in [0.2, 0.25) is 0 Å². The zero-order valence-corrected chi connectivity index (χ0v) is 17.5. The van der Waals surface area contributed by atoms with Crippen LogP contribution in [0.1, 0.15) is 24.2 Å². The van der Waals surface area contributed by atoms with Crippen molar-refractivity contribution < 1.29 is 9.53 Å². The number of ether oxygens (including phenoxy) is 1. The third-order valence-corrected chi connectivity index (χ3v) is 6.50. The van der Waals surface area contributed by atoms with Gasteiger partial charge in [0.2, 0.25) is 5.91 Å². The number of nitrogens with zero attached hydrogens (tertiary/aromatic N) is 4. The fourth-order valence-electron chi connectivity index (χ4n) is 4.74. The smallest absolute Gasteiger partial charge is 0.280 e. The first kappa shape index (κ1) is 19.5. The molecule has 31 heavy (non-hydrogen) atoms. The van der Waals surface area contributed by atoms with Crippen molar-refractivity contribution in [3.05, 3.63) is 76.3 Å². The topological polar surface area (TPSA) is 77.3 Å². The van der Waals surface area contributed by atoms with Crippen LogP contribution in [-0.2, 0) is 23.2 Å². The molecule has 0 unspecified atom stereocenters. The van der Waals surface area contributed by atoms with Crippen LogP contribution in [0.5, 0.6) is 5.75 Å². The number of carbonyl (C=O) groups excluding carboxylic acids is 1. The van der Waals surface area contributed by atoms with Gasteiger partial charge in [0.1, 0.15) is 11.6 Å². The van der Waals surface area contributed by atoms with Gasteiger partial charge < -0.3 is 9.64 Å². The standard InChI is InChI=1S/C24H24N4O3/c1-31-19-9-7-18(8-10-19)21-22(30)28-14-12-24(23(28)26-25-21)11-13-27(16-24)20(29)15-17-5-3-2-4-6-17/h2-10H,11-16H2,1H3/t24-/m1/s1. The van der Waals surface area contributed by atoms with Gasteiger partial charge in [-0.25, -0.2) is 0 Å². The molecule has 2 aliphatic rings. The summed E-state index contributed by atoms with van der Waals surface area (Å²) in [5.41, 5.74) is 1.68. The second kappa shape index (κ2) is 7.65. The van der Waals surface area contributed by atoms with Crippen molar-refractivity contribution in [2.24, 2.45) is 0 Å². The summed E-state index contributed by atoms with van der Waals surface area (Å²) in [6.45, 7) is 1.88. The molecule has 7 nitrogen and oxygen atoms in total. The van der Waals surface area contributed by atoms with E-state index in [9.17, 15) is 9.59 Å². The minimum absolute atomic E-state index is 0.117. The third-order valence-electron chi connectivity index (χ3n) is 6.50. The number of benzene rings is 2. The Morgan fingerprint density at radius 1 is 1.03 bits per heavy atom. The van der Waals surface area contributed by atoms with Gasteiger partial charge in [-0.15, -0.1) is 10.2 Å². The number of hydrogen-bond acceptors (Lipinski definition) is 5. The number of carbonyl (C=O) groups is 1. The number of methoxy groups -OCH3 is 1. The molecule has 1 saturated heterocycles. The van der Waals surface area contributed by atoms with Gasteiger partial charge in [-0.3, -0.25) is 14.2 Å². The molecule has 7 heteroatoms. The fraction of sp³-hybridized carbons (Fsp3) is 0.333. The summed E-state index contributed by atoms with van der Waals surface area (Å²) in [5.74, 6) is 1.56. The predicted molar refractivity (Wildman–Crippen MR) is 116 cm³/mol. The van der Waals surface area contributed by atoms with E-state index < -0.39 is 0 Å². The van der Waals surface area contributed by atoms with Gasteiger partial charge in [-0.2, -0.15) is 0 Å². The van der Waals surface area contributed by atoms with Crippen LogP contribution in [0.3, 0.4) is 0 Å². The Morgan fingerprint density at radius 3 is 2.52 bits per heavy atom. The lowest BCUT2D eigenvalue weighted by Crippen LogP contribution is -2.36. The van der Waals surface area contributed by atoms with Crippen LogP contribution in [0.4, 0.5) is 0 Å². The Hall–Kier alpha value is -3.48. The van der Waals surface area contributed by atoms with Crippen LogP contribution in [0, 0.1) is 0 Å². The van der Waals surface area contributed by atoms with Crippen LogP contribution < -0.4 is 10.3 Å². The highest BCUT2D eigenvalue weighted by Gasteiger charge is 2.48. The first-order valence-corrected chi connectivity index (χ1v) is 10.5. The lowest BCUT2D eigenvalue weighted by atomic mass is 9.85. The number of amides is 1. The van der Waals surface area contributed by atoms with Crippen molar-refractivity contribution in [1.82, 2.24) is 19.7 Å². The molecule has 3 aromatic rings. The molecule has 1 amide bonds. The Balaban J connectivity index is 1.38. The average Bonchev–Trinajstić information content (AvgIpc) is 3.40. The van der Waals surface area contributed by atoms with Gasteiger partial charge >= 0.3 is 0 Å². The molecule has 2 aromatic carbocycles. The molecule has 0 N–H and O–H groups in total. The predicted octanol–water partition coefficient (Wildman–Crippen LogP) is 2.43. The summed E-state index contributed by atoms with van der Waals surface area (Å²) >= 11 is 0. The number of fused-ring (bicyclic) bond motifs is 2. The molecular formula is C24H24N4O3. The van der Waals surface area contributed by atoms with E-state index in [2.05, 4.69) is 10.2 Å². The Morgan fingerprint density at radius 2 is 1.77 bits per heavy atom. The second-order valence-electron chi connectivity index (χ2n) is 8.32. The maximum absolute atomic E-state index is 13.2. The minimum atomic E-state index is -0.281. The molecule has 158 valence electrons. The van der Waals surface area contributed by atoms with Crippen molar-refractivity contribution >= 4 is 5.91 Å². The van der Waals surface area contributed by atoms with Crippen molar-refractivity contribution in [3.63, 3.8) is 0 Å². The van der Waals surface area contributed by atoms with Crippen LogP contribution in [0.15, 0.2) is 59.4 Å². The zero-order valence-electron chi connectivity index (χ0n) is 17.5. The molecule has 3 heterocycles. The van der Waals surface area contributed by atoms with Crippen LogP contribution in [-0.4, -0.2) is 45.8 Å². The third kappa shape index (κ3) is 3.40. The number of hydrogen-bond donors (Lipinski definition) is 0. The highest BCUT2D eigenvalue weighted by Crippen LogP contribution is 2.41. The Kier molecular flexibility index (Phi) is 4.81. The molecule has 1 atom stereocenters. The van der Waals surface area contributed by atoms with Crippen LogP contribution >= 0.6 is 0 Å². The number of aromatic nitrogens is 3. The lowest BCUT2D eigenvalue weighted by molar-refractivity contribution is -0.129. The summed E-state index contributed by atoms with van der Waals surface area (Å²) in [4.78, 5) is 27.9. The van der Waals surface area contributed by atoms with Gasteiger partial charge in [-0.1, -0.05) is 30.3 Å². The first-order valence-electron chi connectivity index (χ1n) is 10.5. The summed E-state index contributed by atoms with van der Waals surface area (Å²) in [6, 6.07) is 17.0. The molecule has 1 aromatic heterocycles. The van der Waals surface area contributed by atoms with E-state index in [0.29, 0.717) is 37.6 Å². The van der Waals surface area contributed by atoms with Gasteiger partial charge in [-0.05, 0) is 42.7 Å². The summed E-state index contributed by atoms with van der Waals surface area (Å²) in [6.07, 6.45) is 2.01. The monoisotopic (exact) mass is 416 g/mol. The zero-order chi connectivity index (χ0) is 21.4. The van der Waals surface area contributed by atoms with Gasteiger partial charge in [0, 0.05) is 25.2 Å². The van der Waals surface area contributed by atoms with E-state index in [1.807, 2.05) is 59.5 Å². The molecule has 0 bridgehead atoms. The highest BCUT2D eigenvalue weighted by molar-refractivity contribution is 5.79. The second-order valence-corrected chi connectivity index (χ2v) is 8.32. The van der Waals surface area contributed by atoms with Gasteiger partial charge in [0.05, 0.1) is 18.9 Å². The van der Waals surface area contributed by atoms with Gasteiger partial charge in [0.15, 0.2) is 5.69 Å². The molecule has 1 fully saturated rings. The lowest BCUT2D eigenvalue weighted by Gasteiger charge is -2.23. The van der Waals surface area contributed by atoms with Crippen molar-refractivity contribution in [1.29, 1.82) is 0 Å². The van der Waals surface area contributed by atoms with Gasteiger partial charge in [0.25, 0.3) is 5.56 Å². The van der Waals surface area contributed by atoms with E-state index in [1.54, 1.807) is 11.7 Å². The van der Waals surface area contributed by atoms with Crippen molar-refractivity contribution in [3.8, 4) is 17.0 Å². The maximum atomic E-state index is 13.2. The summed E-state index contributed by atoms with van der Waals surface area (Å²) in [7, 11) is 1.61. The first-order chi connectivity index (χ1) is 15.1. The van der Waals surface area contributed by atoms with Crippen molar-refractivity contribution in [2.75, 3.05) is 20.2 Å². The number of rotatable bonds is 4. The molecule has 5 rings (SSSR count). The van der Waals surface area contributed by atoms with E-state index in [1.165, 1.54) is 0 Å². The van der Waals surface area contributed by atoms with Crippen molar-refractivity contribution in [2.45, 2.75) is 31.2 Å². The molecule has 0 aliphatic carbocycles. The molecular weight excluding hydrogens is 392 g/mol. The molecule has 1 spiro atoms. The van der Waals surface area contributed by atoms with E-state index in [0.717, 1.165) is 29.7 Å². The summed E-state index contributed by atoms with van der Waals surface area (Å²) < 4.78 is 6.94. The molecule has 0 radical (unpaired) electrons. The average molecular weight is 416 g/mol. The minimum Gasteiger partial charge on any atom is -0.497 e. The van der Waals surface area contributed by atoms with E-state index in [-0.39, 0.29) is 16.9 Å². The maximum Gasteiger partial charge on any atom is 0.280 e. The normalized spacial score (nSPS) is 19.6. The number of likely N-dealkylation sites (tertiary alicyclic amines) is 1. The fourth-order valence-corrected chi connectivity index (χ4v) is 4.74. The Labute approximate surface area is 180 Å². The van der Waals surface area contributed by atoms with E-state index in [4.69, 9.17) is 4.74 Å². The SMILES string of the molecule is COc1ccc(-c2nnc3n(c2=O)CC[C@@]32CCN(C(=O)Cc3ccccc3)C2)cc1. The highest BCUT2D eigenvalue weighted by atomic mass is 16.5.